The van der Waals surface area contributed by atoms with Crippen LogP contribution in [0.25, 0.3) is 11.0 Å². The van der Waals surface area contributed by atoms with E-state index >= 15 is 0 Å². The van der Waals surface area contributed by atoms with Gasteiger partial charge in [-0.05, 0) is 12.1 Å². The number of benzene rings is 1. The highest BCUT2D eigenvalue weighted by Gasteiger charge is 2.03. The van der Waals surface area contributed by atoms with Crippen LogP contribution in [0.3, 0.4) is 0 Å². The second-order valence-corrected chi connectivity index (χ2v) is 2.93. The Morgan fingerprint density at radius 3 is 2.43 bits per heavy atom. The molecular formula is C12H18N2. The first-order valence-corrected chi connectivity index (χ1v) is 5.23. The second-order valence-electron chi connectivity index (χ2n) is 2.93. The van der Waals surface area contributed by atoms with Crippen molar-refractivity contribution in [1.29, 1.82) is 0 Å². The Morgan fingerprint density at radius 1 is 1.21 bits per heavy atom. The quantitative estimate of drug-likeness (QED) is 0.675. The molecule has 0 N–H and O–H groups in total. The Bertz CT molecular complexity index is 402. The highest BCUT2D eigenvalue weighted by molar-refractivity contribution is 5.75. The van der Waals surface area contributed by atoms with Gasteiger partial charge in [0, 0.05) is 13.5 Å². The topological polar surface area (TPSA) is 17.8 Å². The predicted octanol–water partition coefficient (Wildman–Crippen LogP) is 3.16. The molecule has 76 valence electrons. The molecule has 0 aliphatic carbocycles. The van der Waals surface area contributed by atoms with E-state index in [0.29, 0.717) is 0 Å². The van der Waals surface area contributed by atoms with Crippen LogP contribution >= 0.6 is 0 Å². The summed E-state index contributed by atoms with van der Waals surface area (Å²) < 4.78 is 2.15. The Hall–Kier alpha value is -1.31. The first-order chi connectivity index (χ1) is 6.83. The maximum Gasteiger partial charge on any atom is 0.109 e. The van der Waals surface area contributed by atoms with E-state index in [9.17, 15) is 0 Å². The minimum absolute atomic E-state index is 0.991. The number of fused-ring (bicyclic) bond motifs is 1. The van der Waals surface area contributed by atoms with E-state index in [4.69, 9.17) is 0 Å². The van der Waals surface area contributed by atoms with Crippen molar-refractivity contribution in [1.82, 2.24) is 9.55 Å². The van der Waals surface area contributed by atoms with Crippen LogP contribution in [0.15, 0.2) is 24.3 Å². The summed E-state index contributed by atoms with van der Waals surface area (Å²) in [6.07, 6.45) is 0.991. The van der Waals surface area contributed by atoms with Crippen LogP contribution in [0.5, 0.6) is 0 Å². The van der Waals surface area contributed by atoms with Crippen LogP contribution in [0.4, 0.5) is 0 Å². The van der Waals surface area contributed by atoms with Crippen LogP contribution < -0.4 is 0 Å². The highest BCUT2D eigenvalue weighted by atomic mass is 15.1. The standard InChI is InChI=1S/C10H12N2.C2H6/c1-3-10-11-8-6-4-5-7-9(8)12(10)2;1-2/h4-7H,3H2,1-2H3;1-2H3. The van der Waals surface area contributed by atoms with E-state index in [0.717, 1.165) is 17.8 Å². The number of rotatable bonds is 1. The Kier molecular flexibility index (Phi) is 3.69. The Balaban J connectivity index is 0.000000461. The molecule has 0 aliphatic rings. The average molecular weight is 190 g/mol. The zero-order chi connectivity index (χ0) is 10.6. The van der Waals surface area contributed by atoms with Crippen molar-refractivity contribution < 1.29 is 0 Å². The van der Waals surface area contributed by atoms with Crippen molar-refractivity contribution in [2.75, 3.05) is 0 Å². The SMILES string of the molecule is CC.CCc1nc2ccccc2n1C. The van der Waals surface area contributed by atoms with Crippen LogP contribution in [0, 0.1) is 0 Å². The normalized spacial score (nSPS) is 9.71. The fourth-order valence-corrected chi connectivity index (χ4v) is 1.51. The highest BCUT2D eigenvalue weighted by Crippen LogP contribution is 2.13. The summed E-state index contributed by atoms with van der Waals surface area (Å²) in [5.74, 6) is 1.15. The Morgan fingerprint density at radius 2 is 1.86 bits per heavy atom. The summed E-state index contributed by atoms with van der Waals surface area (Å²) in [6, 6.07) is 8.22. The van der Waals surface area contributed by atoms with Gasteiger partial charge in [-0.15, -0.1) is 0 Å². The van der Waals surface area contributed by atoms with Crippen molar-refractivity contribution in [2.24, 2.45) is 7.05 Å². The van der Waals surface area contributed by atoms with Gasteiger partial charge in [-0.25, -0.2) is 4.98 Å². The number of aryl methyl sites for hydroxylation is 2. The lowest BCUT2D eigenvalue weighted by molar-refractivity contribution is 0.829. The van der Waals surface area contributed by atoms with Crippen LogP contribution in [-0.4, -0.2) is 9.55 Å². The smallest absolute Gasteiger partial charge is 0.109 e. The summed E-state index contributed by atoms with van der Waals surface area (Å²) in [4.78, 5) is 4.49. The molecule has 0 aliphatic heterocycles. The van der Waals surface area contributed by atoms with Crippen molar-refractivity contribution >= 4 is 11.0 Å². The number of nitrogens with zero attached hydrogens (tertiary/aromatic N) is 2. The van der Waals surface area contributed by atoms with Crippen LogP contribution in [0.2, 0.25) is 0 Å². The molecule has 0 fully saturated rings. The van der Waals surface area contributed by atoms with Gasteiger partial charge in [-0.2, -0.15) is 0 Å². The molecule has 1 heterocycles. The predicted molar refractivity (Wildman–Crippen MR) is 61.4 cm³/mol. The van der Waals surface area contributed by atoms with E-state index < -0.39 is 0 Å². The van der Waals surface area contributed by atoms with E-state index in [-0.39, 0.29) is 0 Å². The van der Waals surface area contributed by atoms with Gasteiger partial charge in [0.25, 0.3) is 0 Å². The lowest BCUT2D eigenvalue weighted by Crippen LogP contribution is -1.94. The van der Waals surface area contributed by atoms with Gasteiger partial charge in [0.05, 0.1) is 11.0 Å². The number of para-hydroxylation sites is 2. The van der Waals surface area contributed by atoms with Crippen LogP contribution in [-0.2, 0) is 13.5 Å². The summed E-state index contributed by atoms with van der Waals surface area (Å²) in [7, 11) is 2.06. The lowest BCUT2D eigenvalue weighted by atomic mass is 10.3. The van der Waals surface area contributed by atoms with Gasteiger partial charge < -0.3 is 4.57 Å². The summed E-state index contributed by atoms with van der Waals surface area (Å²) in [5, 5.41) is 0. The number of imidazole rings is 1. The third kappa shape index (κ3) is 1.79. The first-order valence-electron chi connectivity index (χ1n) is 5.23. The second kappa shape index (κ2) is 4.80. The van der Waals surface area contributed by atoms with E-state index in [1.807, 2.05) is 26.0 Å². The zero-order valence-corrected chi connectivity index (χ0v) is 9.41. The average Bonchev–Trinajstić information content (AvgIpc) is 2.59. The summed E-state index contributed by atoms with van der Waals surface area (Å²) in [5.41, 5.74) is 2.31. The zero-order valence-electron chi connectivity index (χ0n) is 9.41. The van der Waals surface area contributed by atoms with Crippen molar-refractivity contribution in [3.05, 3.63) is 30.1 Å². The molecular weight excluding hydrogens is 172 g/mol. The molecule has 0 bridgehead atoms. The first kappa shape index (κ1) is 10.8. The van der Waals surface area contributed by atoms with E-state index in [2.05, 4.69) is 35.7 Å². The molecule has 0 radical (unpaired) electrons. The van der Waals surface area contributed by atoms with Crippen LogP contribution in [0.1, 0.15) is 26.6 Å². The van der Waals surface area contributed by atoms with Gasteiger partial charge in [0.15, 0.2) is 0 Å². The molecule has 0 unspecified atom stereocenters. The van der Waals surface area contributed by atoms with Gasteiger partial charge in [0.1, 0.15) is 5.82 Å². The molecule has 2 rings (SSSR count). The molecule has 1 aromatic carbocycles. The molecule has 1 aromatic heterocycles. The minimum atomic E-state index is 0.991. The molecule has 0 amide bonds. The maximum atomic E-state index is 4.49. The monoisotopic (exact) mass is 190 g/mol. The van der Waals surface area contributed by atoms with E-state index in [1.165, 1.54) is 5.52 Å². The molecule has 14 heavy (non-hydrogen) atoms. The number of aromatic nitrogens is 2. The Labute approximate surface area is 85.6 Å². The third-order valence-corrected chi connectivity index (χ3v) is 2.20. The molecule has 0 spiro atoms. The fraction of sp³-hybridized carbons (Fsp3) is 0.417. The largest absolute Gasteiger partial charge is 0.331 e. The minimum Gasteiger partial charge on any atom is -0.331 e. The number of hydrogen-bond donors (Lipinski definition) is 0. The fourth-order valence-electron chi connectivity index (χ4n) is 1.51. The lowest BCUT2D eigenvalue weighted by Gasteiger charge is -1.96. The molecule has 2 nitrogen and oxygen atoms in total. The van der Waals surface area contributed by atoms with Crippen molar-refractivity contribution in [3.8, 4) is 0 Å². The van der Waals surface area contributed by atoms with Gasteiger partial charge in [-0.1, -0.05) is 32.9 Å². The summed E-state index contributed by atoms with van der Waals surface area (Å²) in [6.45, 7) is 6.13. The molecule has 0 saturated heterocycles. The molecule has 2 aromatic rings. The number of hydrogen-bond acceptors (Lipinski definition) is 1. The third-order valence-electron chi connectivity index (χ3n) is 2.20. The van der Waals surface area contributed by atoms with Gasteiger partial charge in [-0.3, -0.25) is 0 Å². The molecule has 0 saturated carbocycles. The van der Waals surface area contributed by atoms with E-state index in [1.54, 1.807) is 0 Å². The molecule has 0 atom stereocenters. The van der Waals surface area contributed by atoms with Crippen molar-refractivity contribution in [2.45, 2.75) is 27.2 Å². The van der Waals surface area contributed by atoms with Crippen molar-refractivity contribution in [3.63, 3.8) is 0 Å². The van der Waals surface area contributed by atoms with Gasteiger partial charge in [0.2, 0.25) is 0 Å². The summed E-state index contributed by atoms with van der Waals surface area (Å²) >= 11 is 0. The molecule has 2 heteroatoms. The maximum absolute atomic E-state index is 4.49. The van der Waals surface area contributed by atoms with Gasteiger partial charge >= 0.3 is 0 Å².